The summed E-state index contributed by atoms with van der Waals surface area (Å²) < 4.78 is 63.6. The van der Waals surface area contributed by atoms with Gasteiger partial charge in [0.2, 0.25) is 0 Å². The van der Waals surface area contributed by atoms with Gasteiger partial charge in [-0.2, -0.15) is 8.78 Å². The molecule has 10 heteroatoms. The summed E-state index contributed by atoms with van der Waals surface area (Å²) in [7, 11) is 0. The minimum absolute atomic E-state index is 0.0643. The first kappa shape index (κ1) is 21.8. The molecule has 0 aliphatic rings. The van der Waals surface area contributed by atoms with Crippen LogP contribution in [0.25, 0.3) is 0 Å². The van der Waals surface area contributed by atoms with E-state index in [2.05, 4.69) is 14.2 Å². The number of aliphatic hydroxyl groups is 2. The Hall–Kier alpha value is -0.520. The molecule has 0 aromatic carbocycles. The van der Waals surface area contributed by atoms with Crippen LogP contribution >= 0.6 is 0 Å². The fraction of sp³-hybridized carbons (Fsp3) is 1.00. The van der Waals surface area contributed by atoms with Crippen molar-refractivity contribution in [3.05, 3.63) is 0 Å². The molecule has 0 aromatic rings. The van der Waals surface area contributed by atoms with Crippen LogP contribution in [-0.4, -0.2) is 76.3 Å². The average Bonchev–Trinajstić information content (AvgIpc) is 2.41. The lowest BCUT2D eigenvalue weighted by molar-refractivity contribution is -0.279. The standard InChI is InChI=1S/C7H13F3O4.C3H7FO2/c8-6-14-7(9,10)5-13-4-3-12-2-1-11;4-3-6-2-1-5/h11H,1-6H2;5H,1-3H2. The predicted molar refractivity (Wildman–Crippen MR) is 59.7 cm³/mol. The quantitative estimate of drug-likeness (QED) is 0.403. The Morgan fingerprint density at radius 1 is 0.750 bits per heavy atom. The summed E-state index contributed by atoms with van der Waals surface area (Å²) in [6.45, 7) is -3.38. The number of hydrogen-bond donors (Lipinski definition) is 2. The summed E-state index contributed by atoms with van der Waals surface area (Å²) in [5, 5.41) is 16.2. The van der Waals surface area contributed by atoms with Gasteiger partial charge in [-0.1, -0.05) is 0 Å². The van der Waals surface area contributed by atoms with Gasteiger partial charge in [0.05, 0.1) is 39.6 Å². The molecule has 0 saturated heterocycles. The summed E-state index contributed by atoms with van der Waals surface area (Å²) >= 11 is 0. The van der Waals surface area contributed by atoms with Crippen LogP contribution in [0.1, 0.15) is 0 Å². The lowest BCUT2D eigenvalue weighted by atomic mass is 10.6. The Morgan fingerprint density at radius 3 is 1.75 bits per heavy atom. The Kier molecular flexibility index (Phi) is 18.0. The van der Waals surface area contributed by atoms with Gasteiger partial charge in [0, 0.05) is 0 Å². The molecular formula is C10H20F4O6. The maximum Gasteiger partial charge on any atom is 0.381 e. The molecule has 20 heavy (non-hydrogen) atoms. The maximum absolute atomic E-state index is 12.3. The van der Waals surface area contributed by atoms with Gasteiger partial charge in [-0.3, -0.25) is 4.74 Å². The molecule has 0 saturated carbocycles. The van der Waals surface area contributed by atoms with Crippen LogP contribution in [-0.2, 0) is 18.9 Å². The highest BCUT2D eigenvalue weighted by atomic mass is 19.3. The van der Waals surface area contributed by atoms with Crippen LogP contribution < -0.4 is 0 Å². The third kappa shape index (κ3) is 19.8. The first-order valence-electron chi connectivity index (χ1n) is 5.62. The van der Waals surface area contributed by atoms with E-state index < -0.39 is 26.4 Å². The van der Waals surface area contributed by atoms with Crippen molar-refractivity contribution in [3.8, 4) is 0 Å². The summed E-state index contributed by atoms with van der Waals surface area (Å²) in [5.74, 6) is 0. The summed E-state index contributed by atoms with van der Waals surface area (Å²) in [6, 6.07) is 0. The number of alkyl halides is 4. The molecule has 0 radical (unpaired) electrons. The van der Waals surface area contributed by atoms with Gasteiger partial charge >= 0.3 is 6.11 Å². The van der Waals surface area contributed by atoms with E-state index in [-0.39, 0.29) is 39.6 Å². The number of rotatable bonds is 12. The third-order valence-electron chi connectivity index (χ3n) is 1.46. The monoisotopic (exact) mass is 312 g/mol. The van der Waals surface area contributed by atoms with Crippen molar-refractivity contribution in [1.82, 2.24) is 0 Å². The third-order valence-corrected chi connectivity index (χ3v) is 1.46. The molecule has 0 spiro atoms. The minimum Gasteiger partial charge on any atom is -0.394 e. The van der Waals surface area contributed by atoms with Crippen molar-refractivity contribution in [2.45, 2.75) is 6.11 Å². The van der Waals surface area contributed by atoms with Crippen LogP contribution in [0.4, 0.5) is 17.6 Å². The number of hydrogen-bond acceptors (Lipinski definition) is 6. The lowest BCUT2D eigenvalue weighted by Crippen LogP contribution is -2.28. The largest absolute Gasteiger partial charge is 0.394 e. The SMILES string of the molecule is OCCOCCOCC(F)(F)OCF.OCCOCF. The van der Waals surface area contributed by atoms with E-state index in [4.69, 9.17) is 14.9 Å². The molecule has 0 amide bonds. The Labute approximate surface area is 114 Å². The van der Waals surface area contributed by atoms with Crippen LogP contribution in [0.5, 0.6) is 0 Å². The van der Waals surface area contributed by atoms with Gasteiger partial charge in [0.25, 0.3) is 0 Å². The zero-order valence-corrected chi connectivity index (χ0v) is 10.9. The Bertz CT molecular complexity index is 183. The van der Waals surface area contributed by atoms with E-state index in [1.54, 1.807) is 0 Å². The van der Waals surface area contributed by atoms with E-state index in [1.807, 2.05) is 0 Å². The predicted octanol–water partition coefficient (Wildman–Crippen LogP) is 0.471. The fourth-order valence-electron chi connectivity index (χ4n) is 0.716. The van der Waals surface area contributed by atoms with E-state index >= 15 is 0 Å². The van der Waals surface area contributed by atoms with Crippen molar-refractivity contribution >= 4 is 0 Å². The van der Waals surface area contributed by atoms with E-state index in [0.717, 1.165) is 0 Å². The summed E-state index contributed by atoms with van der Waals surface area (Å²) in [5.41, 5.74) is 0. The molecule has 0 aliphatic carbocycles. The van der Waals surface area contributed by atoms with E-state index in [1.165, 1.54) is 0 Å². The zero-order chi connectivity index (χ0) is 15.7. The topological polar surface area (TPSA) is 77.4 Å². The molecule has 0 unspecified atom stereocenters. The van der Waals surface area contributed by atoms with Crippen LogP contribution in [0.2, 0.25) is 0 Å². The second-order valence-electron chi connectivity index (χ2n) is 3.02. The highest BCUT2D eigenvalue weighted by Gasteiger charge is 2.30. The van der Waals surface area contributed by atoms with Crippen molar-refractivity contribution in [1.29, 1.82) is 0 Å². The molecule has 0 heterocycles. The Balaban J connectivity index is 0. The van der Waals surface area contributed by atoms with E-state index in [0.29, 0.717) is 0 Å². The fourth-order valence-corrected chi connectivity index (χ4v) is 0.716. The number of aliphatic hydroxyl groups excluding tert-OH is 2. The molecule has 0 rings (SSSR count). The molecule has 2 N–H and O–H groups in total. The first-order chi connectivity index (χ1) is 9.54. The van der Waals surface area contributed by atoms with Gasteiger partial charge in [0.15, 0.2) is 13.7 Å². The van der Waals surface area contributed by atoms with Crippen LogP contribution in [0, 0.1) is 0 Å². The first-order valence-corrected chi connectivity index (χ1v) is 5.62. The smallest absolute Gasteiger partial charge is 0.381 e. The van der Waals surface area contributed by atoms with Crippen LogP contribution in [0.15, 0.2) is 0 Å². The van der Waals surface area contributed by atoms with Gasteiger partial charge in [0.1, 0.15) is 6.61 Å². The highest BCUT2D eigenvalue weighted by Crippen LogP contribution is 2.15. The van der Waals surface area contributed by atoms with Crippen molar-refractivity contribution < 1.29 is 46.7 Å². The average molecular weight is 312 g/mol. The maximum atomic E-state index is 12.3. The number of halogens is 4. The van der Waals surface area contributed by atoms with Gasteiger partial charge < -0.3 is 24.4 Å². The molecule has 0 atom stereocenters. The molecule has 6 nitrogen and oxygen atoms in total. The molecule has 124 valence electrons. The Morgan fingerprint density at radius 2 is 1.30 bits per heavy atom. The van der Waals surface area contributed by atoms with Gasteiger partial charge in [-0.25, -0.2) is 8.78 Å². The minimum atomic E-state index is -3.61. The lowest BCUT2D eigenvalue weighted by Gasteiger charge is -2.14. The molecule has 0 fully saturated rings. The van der Waals surface area contributed by atoms with Crippen LogP contribution in [0.3, 0.4) is 0 Å². The second-order valence-corrected chi connectivity index (χ2v) is 3.02. The van der Waals surface area contributed by atoms with Crippen molar-refractivity contribution in [3.63, 3.8) is 0 Å². The summed E-state index contributed by atoms with van der Waals surface area (Å²) in [6.07, 6.45) is -3.61. The molecular weight excluding hydrogens is 292 g/mol. The number of ether oxygens (including phenoxy) is 4. The van der Waals surface area contributed by atoms with Crippen molar-refractivity contribution in [2.24, 2.45) is 0 Å². The zero-order valence-electron chi connectivity index (χ0n) is 10.9. The highest BCUT2D eigenvalue weighted by molar-refractivity contribution is 4.48. The van der Waals surface area contributed by atoms with Gasteiger partial charge in [-0.15, -0.1) is 0 Å². The van der Waals surface area contributed by atoms with E-state index in [9.17, 15) is 17.6 Å². The summed E-state index contributed by atoms with van der Waals surface area (Å²) in [4.78, 5) is 0. The van der Waals surface area contributed by atoms with Gasteiger partial charge in [-0.05, 0) is 0 Å². The molecule has 0 aromatic heterocycles. The van der Waals surface area contributed by atoms with Crippen molar-refractivity contribution in [2.75, 3.05) is 60.0 Å². The molecule has 0 aliphatic heterocycles. The normalized spacial score (nSPS) is 11.1. The molecule has 0 bridgehead atoms. The second kappa shape index (κ2) is 16.5.